The van der Waals surface area contributed by atoms with Crippen LogP contribution in [0.3, 0.4) is 0 Å². The molecule has 0 saturated carbocycles. The number of sulfone groups is 1. The summed E-state index contributed by atoms with van der Waals surface area (Å²) in [5, 5.41) is 8.88. The third kappa shape index (κ3) is 4.90. The lowest BCUT2D eigenvalue weighted by Gasteiger charge is -2.39. The van der Waals surface area contributed by atoms with Gasteiger partial charge in [-0.05, 0) is 31.0 Å². The molecule has 2 aliphatic heterocycles. The van der Waals surface area contributed by atoms with Crippen LogP contribution in [0.5, 0.6) is 0 Å². The van der Waals surface area contributed by atoms with E-state index in [-0.39, 0.29) is 29.5 Å². The molecule has 1 amide bonds. The molecular weight excluding hydrogens is 376 g/mol. The first-order chi connectivity index (χ1) is 13.3. The van der Waals surface area contributed by atoms with E-state index < -0.39 is 9.84 Å². The highest BCUT2D eigenvalue weighted by atomic mass is 32.2. The Balaban J connectivity index is 1.49. The maximum atomic E-state index is 12.8. The van der Waals surface area contributed by atoms with Crippen LogP contribution in [-0.2, 0) is 21.2 Å². The predicted molar refractivity (Wildman–Crippen MR) is 107 cm³/mol. The van der Waals surface area contributed by atoms with E-state index in [4.69, 9.17) is 5.26 Å². The minimum absolute atomic E-state index is 0.00245. The van der Waals surface area contributed by atoms with Crippen LogP contribution in [0.2, 0.25) is 0 Å². The third-order valence-corrected chi connectivity index (χ3v) is 7.66. The molecule has 7 nitrogen and oxygen atoms in total. The fourth-order valence-corrected chi connectivity index (χ4v) is 5.74. The second-order valence-electron chi connectivity index (χ2n) is 7.80. The average Bonchev–Trinajstić information content (AvgIpc) is 3.07. The zero-order chi connectivity index (χ0) is 20.3. The summed E-state index contributed by atoms with van der Waals surface area (Å²) in [7, 11) is -1.27. The van der Waals surface area contributed by atoms with Crippen LogP contribution in [0.15, 0.2) is 24.3 Å². The standard InChI is InChI=1S/C20H28N4O3S/c1-16(20(25)22(2)19-7-12-28(26,27)15-19)24-10-8-23(9-11-24)14-18-5-3-17(13-21)4-6-18/h3-6,16,19H,7-12,14-15H2,1-2H3. The lowest BCUT2D eigenvalue weighted by Crippen LogP contribution is -2.55. The Morgan fingerprint density at radius 2 is 1.89 bits per heavy atom. The summed E-state index contributed by atoms with van der Waals surface area (Å²) in [6.45, 7) is 6.11. The first-order valence-electron chi connectivity index (χ1n) is 9.71. The van der Waals surface area contributed by atoms with Gasteiger partial charge >= 0.3 is 0 Å². The van der Waals surface area contributed by atoms with Gasteiger partial charge in [-0.3, -0.25) is 14.6 Å². The monoisotopic (exact) mass is 404 g/mol. The molecule has 0 aromatic heterocycles. The molecule has 2 aliphatic rings. The molecule has 1 aromatic carbocycles. The Hall–Kier alpha value is -1.95. The summed E-state index contributed by atoms with van der Waals surface area (Å²) >= 11 is 0. The van der Waals surface area contributed by atoms with E-state index in [1.54, 1.807) is 11.9 Å². The maximum absolute atomic E-state index is 12.8. The molecule has 1 aromatic rings. The molecule has 2 fully saturated rings. The van der Waals surface area contributed by atoms with Gasteiger partial charge in [0, 0.05) is 45.8 Å². The number of carbonyl (C=O) groups is 1. The van der Waals surface area contributed by atoms with E-state index in [0.29, 0.717) is 12.0 Å². The Kier molecular flexibility index (Phi) is 6.38. The predicted octanol–water partition coefficient (Wildman–Crippen LogP) is 0.710. The zero-order valence-corrected chi connectivity index (χ0v) is 17.4. The molecule has 0 radical (unpaired) electrons. The van der Waals surface area contributed by atoms with E-state index in [1.165, 1.54) is 5.56 Å². The average molecular weight is 405 g/mol. The first kappa shape index (κ1) is 20.8. The van der Waals surface area contributed by atoms with E-state index in [2.05, 4.69) is 15.9 Å². The van der Waals surface area contributed by atoms with E-state index in [9.17, 15) is 13.2 Å². The van der Waals surface area contributed by atoms with Crippen LogP contribution in [0.1, 0.15) is 24.5 Å². The quantitative estimate of drug-likeness (QED) is 0.719. The smallest absolute Gasteiger partial charge is 0.239 e. The van der Waals surface area contributed by atoms with Gasteiger partial charge in [0.15, 0.2) is 9.84 Å². The van der Waals surface area contributed by atoms with Crippen molar-refractivity contribution in [2.45, 2.75) is 32.0 Å². The normalized spacial score (nSPS) is 23.8. The number of likely N-dealkylation sites (N-methyl/N-ethyl adjacent to an activating group) is 1. The molecule has 2 saturated heterocycles. The van der Waals surface area contributed by atoms with E-state index >= 15 is 0 Å². The molecule has 2 atom stereocenters. The highest BCUT2D eigenvalue weighted by Gasteiger charge is 2.35. The molecule has 0 bridgehead atoms. The number of hydrogen-bond donors (Lipinski definition) is 0. The molecule has 0 spiro atoms. The van der Waals surface area contributed by atoms with Gasteiger partial charge in [-0.25, -0.2) is 8.42 Å². The number of amides is 1. The van der Waals surface area contributed by atoms with Crippen molar-refractivity contribution in [3.63, 3.8) is 0 Å². The van der Waals surface area contributed by atoms with Gasteiger partial charge in [-0.15, -0.1) is 0 Å². The molecular formula is C20H28N4O3S. The molecule has 8 heteroatoms. The number of nitriles is 1. The number of hydrogen-bond acceptors (Lipinski definition) is 6. The van der Waals surface area contributed by atoms with E-state index in [0.717, 1.165) is 32.7 Å². The Morgan fingerprint density at radius 1 is 1.25 bits per heavy atom. The van der Waals surface area contributed by atoms with Gasteiger partial charge in [0.25, 0.3) is 0 Å². The van der Waals surface area contributed by atoms with Crippen molar-refractivity contribution < 1.29 is 13.2 Å². The zero-order valence-electron chi connectivity index (χ0n) is 16.5. The minimum Gasteiger partial charge on any atom is -0.340 e. The van der Waals surface area contributed by atoms with Crippen molar-refractivity contribution in [1.29, 1.82) is 5.26 Å². The van der Waals surface area contributed by atoms with Crippen LogP contribution in [0.25, 0.3) is 0 Å². The van der Waals surface area contributed by atoms with Crippen LogP contribution in [0.4, 0.5) is 0 Å². The van der Waals surface area contributed by atoms with Crippen molar-refractivity contribution in [2.24, 2.45) is 0 Å². The third-order valence-electron chi connectivity index (χ3n) is 5.90. The number of carbonyl (C=O) groups excluding carboxylic acids is 1. The van der Waals surface area contributed by atoms with Gasteiger partial charge < -0.3 is 4.90 Å². The highest BCUT2D eigenvalue weighted by molar-refractivity contribution is 7.91. The van der Waals surface area contributed by atoms with Gasteiger partial charge in [0.2, 0.25) is 5.91 Å². The second kappa shape index (κ2) is 8.60. The van der Waals surface area contributed by atoms with Crippen molar-refractivity contribution in [2.75, 3.05) is 44.7 Å². The topological polar surface area (TPSA) is 84.7 Å². The SMILES string of the molecule is CC(C(=O)N(C)C1CCS(=O)(=O)C1)N1CCN(Cc2ccc(C#N)cc2)CC1. The molecule has 0 aliphatic carbocycles. The number of piperazine rings is 1. The van der Waals surface area contributed by atoms with Crippen molar-refractivity contribution in [3.05, 3.63) is 35.4 Å². The lowest BCUT2D eigenvalue weighted by atomic mass is 10.1. The molecule has 152 valence electrons. The molecule has 0 N–H and O–H groups in total. The number of rotatable bonds is 5. The van der Waals surface area contributed by atoms with Crippen molar-refractivity contribution in [1.82, 2.24) is 14.7 Å². The minimum atomic E-state index is -3.00. The van der Waals surface area contributed by atoms with Crippen LogP contribution in [0, 0.1) is 11.3 Å². The number of nitrogens with zero attached hydrogens (tertiary/aromatic N) is 4. The van der Waals surface area contributed by atoms with Crippen molar-refractivity contribution >= 4 is 15.7 Å². The first-order valence-corrected chi connectivity index (χ1v) is 11.5. The van der Waals surface area contributed by atoms with Crippen LogP contribution >= 0.6 is 0 Å². The maximum Gasteiger partial charge on any atom is 0.239 e. The van der Waals surface area contributed by atoms with Gasteiger partial charge in [-0.2, -0.15) is 5.26 Å². The highest BCUT2D eigenvalue weighted by Crippen LogP contribution is 2.19. The Labute approximate surface area is 167 Å². The fraction of sp³-hybridized carbons (Fsp3) is 0.600. The molecule has 3 rings (SSSR count). The number of benzene rings is 1. The summed E-state index contributed by atoms with van der Waals surface area (Å²) in [4.78, 5) is 19.0. The van der Waals surface area contributed by atoms with Crippen LogP contribution < -0.4 is 0 Å². The van der Waals surface area contributed by atoms with E-state index in [1.807, 2.05) is 31.2 Å². The van der Waals surface area contributed by atoms with Gasteiger partial charge in [-0.1, -0.05) is 12.1 Å². The molecule has 2 heterocycles. The largest absolute Gasteiger partial charge is 0.340 e. The van der Waals surface area contributed by atoms with Gasteiger partial charge in [0.1, 0.15) is 0 Å². The van der Waals surface area contributed by atoms with Gasteiger partial charge in [0.05, 0.1) is 29.2 Å². The summed E-state index contributed by atoms with van der Waals surface area (Å²) in [6.07, 6.45) is 0.537. The fourth-order valence-electron chi connectivity index (χ4n) is 3.96. The second-order valence-corrected chi connectivity index (χ2v) is 10.0. The summed E-state index contributed by atoms with van der Waals surface area (Å²) in [6, 6.07) is 9.34. The summed E-state index contributed by atoms with van der Waals surface area (Å²) < 4.78 is 23.4. The van der Waals surface area contributed by atoms with Crippen molar-refractivity contribution in [3.8, 4) is 6.07 Å². The summed E-state index contributed by atoms with van der Waals surface area (Å²) in [5.41, 5.74) is 1.85. The molecule has 28 heavy (non-hydrogen) atoms. The summed E-state index contributed by atoms with van der Waals surface area (Å²) in [5.74, 6) is 0.264. The Morgan fingerprint density at radius 3 is 2.43 bits per heavy atom. The lowest BCUT2D eigenvalue weighted by molar-refractivity contribution is -0.137. The van der Waals surface area contributed by atoms with Crippen LogP contribution in [-0.4, -0.2) is 85.8 Å². The Bertz CT molecular complexity index is 839. The molecule has 2 unspecified atom stereocenters.